The van der Waals surface area contributed by atoms with Crippen LogP contribution in [0.3, 0.4) is 0 Å². The molecule has 20 heavy (non-hydrogen) atoms. The number of halogens is 2. The molecule has 0 fully saturated rings. The third-order valence-electron chi connectivity index (χ3n) is 2.52. The van der Waals surface area contributed by atoms with Gasteiger partial charge in [-0.3, -0.25) is 4.79 Å². The van der Waals surface area contributed by atoms with Crippen LogP contribution in [0.15, 0.2) is 53.0 Å². The normalized spacial score (nSPS) is 9.50. The van der Waals surface area contributed by atoms with Gasteiger partial charge in [0.25, 0.3) is 5.91 Å². The Kier molecular flexibility index (Phi) is 4.91. The van der Waals surface area contributed by atoms with Crippen LogP contribution in [-0.2, 0) is 0 Å². The molecule has 4 heteroatoms. The Morgan fingerprint density at radius 3 is 2.70 bits per heavy atom. The fraction of sp³-hybridized carbons (Fsp3) is 0.0625. The number of nitrogens with one attached hydrogen (secondary N) is 1. The molecule has 1 N–H and O–H groups in total. The summed E-state index contributed by atoms with van der Waals surface area (Å²) in [6, 6.07) is 13.7. The molecular formula is C16H11BrFNO. The summed E-state index contributed by atoms with van der Waals surface area (Å²) in [4.78, 5) is 11.8. The van der Waals surface area contributed by atoms with Crippen molar-refractivity contribution in [3.63, 3.8) is 0 Å². The van der Waals surface area contributed by atoms with Crippen LogP contribution in [0.1, 0.15) is 15.9 Å². The van der Waals surface area contributed by atoms with E-state index in [0.717, 1.165) is 5.56 Å². The molecule has 0 heterocycles. The van der Waals surface area contributed by atoms with E-state index in [2.05, 4.69) is 33.1 Å². The van der Waals surface area contributed by atoms with Gasteiger partial charge >= 0.3 is 0 Å². The van der Waals surface area contributed by atoms with Crippen molar-refractivity contribution in [3.8, 4) is 11.8 Å². The van der Waals surface area contributed by atoms with Gasteiger partial charge in [0.2, 0.25) is 0 Å². The van der Waals surface area contributed by atoms with Gasteiger partial charge in [0, 0.05) is 10.0 Å². The van der Waals surface area contributed by atoms with Crippen molar-refractivity contribution in [1.29, 1.82) is 0 Å². The topological polar surface area (TPSA) is 29.1 Å². The first-order valence-electron chi connectivity index (χ1n) is 5.94. The number of rotatable bonds is 2. The van der Waals surface area contributed by atoms with Crippen LogP contribution in [-0.4, -0.2) is 12.5 Å². The van der Waals surface area contributed by atoms with Crippen LogP contribution in [0.25, 0.3) is 0 Å². The van der Waals surface area contributed by atoms with Crippen molar-refractivity contribution in [2.75, 3.05) is 6.54 Å². The maximum Gasteiger partial charge on any atom is 0.255 e. The highest BCUT2D eigenvalue weighted by molar-refractivity contribution is 9.10. The van der Waals surface area contributed by atoms with Gasteiger partial charge in [0.1, 0.15) is 5.82 Å². The van der Waals surface area contributed by atoms with E-state index in [4.69, 9.17) is 0 Å². The maximum atomic E-state index is 13.5. The molecule has 0 unspecified atom stereocenters. The second-order valence-corrected chi connectivity index (χ2v) is 4.89. The Morgan fingerprint density at radius 1 is 1.20 bits per heavy atom. The van der Waals surface area contributed by atoms with Gasteiger partial charge in [-0.05, 0) is 30.3 Å². The number of carbonyl (C=O) groups excluding carboxylic acids is 1. The van der Waals surface area contributed by atoms with Crippen molar-refractivity contribution in [2.24, 2.45) is 0 Å². The second kappa shape index (κ2) is 6.88. The van der Waals surface area contributed by atoms with Crippen LogP contribution in [0, 0.1) is 17.7 Å². The highest BCUT2D eigenvalue weighted by atomic mass is 79.9. The van der Waals surface area contributed by atoms with E-state index in [0.29, 0.717) is 4.47 Å². The zero-order chi connectivity index (χ0) is 14.4. The van der Waals surface area contributed by atoms with E-state index < -0.39 is 11.7 Å². The van der Waals surface area contributed by atoms with Crippen molar-refractivity contribution in [3.05, 3.63) is 69.9 Å². The third kappa shape index (κ3) is 3.94. The molecule has 0 aromatic heterocycles. The van der Waals surface area contributed by atoms with Crippen molar-refractivity contribution >= 4 is 21.8 Å². The molecule has 0 aliphatic heterocycles. The molecule has 0 saturated heterocycles. The summed E-state index contributed by atoms with van der Waals surface area (Å²) in [5.74, 6) is 4.70. The van der Waals surface area contributed by atoms with Gasteiger partial charge in [-0.1, -0.05) is 46.0 Å². The van der Waals surface area contributed by atoms with E-state index in [9.17, 15) is 9.18 Å². The zero-order valence-corrected chi connectivity index (χ0v) is 12.1. The fourth-order valence-electron chi connectivity index (χ4n) is 1.56. The maximum absolute atomic E-state index is 13.5. The summed E-state index contributed by atoms with van der Waals surface area (Å²) in [5.41, 5.74) is 0.872. The van der Waals surface area contributed by atoms with E-state index in [1.165, 1.54) is 12.1 Å². The number of carbonyl (C=O) groups is 1. The Morgan fingerprint density at radius 2 is 1.95 bits per heavy atom. The van der Waals surface area contributed by atoms with Crippen LogP contribution >= 0.6 is 15.9 Å². The molecule has 2 nitrogen and oxygen atoms in total. The predicted octanol–water partition coefficient (Wildman–Crippen LogP) is 3.37. The smallest absolute Gasteiger partial charge is 0.255 e. The first-order chi connectivity index (χ1) is 9.66. The van der Waals surface area contributed by atoms with Gasteiger partial charge in [-0.2, -0.15) is 0 Å². The molecule has 0 aliphatic carbocycles. The monoisotopic (exact) mass is 331 g/mol. The molecule has 0 saturated carbocycles. The van der Waals surface area contributed by atoms with Crippen LogP contribution in [0.5, 0.6) is 0 Å². The second-order valence-electron chi connectivity index (χ2n) is 3.97. The van der Waals surface area contributed by atoms with E-state index >= 15 is 0 Å². The van der Waals surface area contributed by atoms with Crippen LogP contribution < -0.4 is 5.32 Å². The first-order valence-corrected chi connectivity index (χ1v) is 6.73. The molecule has 0 spiro atoms. The van der Waals surface area contributed by atoms with Gasteiger partial charge in [0.15, 0.2) is 0 Å². The average molecular weight is 332 g/mol. The average Bonchev–Trinajstić information content (AvgIpc) is 2.47. The lowest BCUT2D eigenvalue weighted by Crippen LogP contribution is -2.24. The minimum atomic E-state index is -0.554. The molecule has 0 atom stereocenters. The summed E-state index contributed by atoms with van der Waals surface area (Å²) < 4.78 is 14.1. The lowest BCUT2D eigenvalue weighted by molar-refractivity contribution is 0.0954. The minimum absolute atomic E-state index is 0.000820. The lowest BCUT2D eigenvalue weighted by Gasteiger charge is -2.03. The fourth-order valence-corrected chi connectivity index (χ4v) is 1.92. The van der Waals surface area contributed by atoms with Gasteiger partial charge < -0.3 is 5.32 Å². The summed E-state index contributed by atoms with van der Waals surface area (Å²) in [5, 5.41) is 2.56. The van der Waals surface area contributed by atoms with Crippen molar-refractivity contribution in [1.82, 2.24) is 5.32 Å². The molecular weight excluding hydrogens is 321 g/mol. The van der Waals surface area contributed by atoms with Crippen LogP contribution in [0.2, 0.25) is 0 Å². The zero-order valence-electron chi connectivity index (χ0n) is 10.5. The predicted molar refractivity (Wildman–Crippen MR) is 79.8 cm³/mol. The van der Waals surface area contributed by atoms with Gasteiger partial charge in [-0.15, -0.1) is 0 Å². The number of hydrogen-bond acceptors (Lipinski definition) is 1. The Balaban J connectivity index is 1.96. The van der Waals surface area contributed by atoms with Crippen LogP contribution in [0.4, 0.5) is 4.39 Å². The summed E-state index contributed by atoms with van der Waals surface area (Å²) in [7, 11) is 0. The number of amides is 1. The molecule has 0 aliphatic rings. The van der Waals surface area contributed by atoms with Crippen molar-refractivity contribution < 1.29 is 9.18 Å². The largest absolute Gasteiger partial charge is 0.341 e. The molecule has 0 bridgehead atoms. The Labute approximate surface area is 125 Å². The molecule has 2 aromatic rings. The molecule has 1 amide bonds. The highest BCUT2D eigenvalue weighted by Crippen LogP contribution is 2.15. The third-order valence-corrected chi connectivity index (χ3v) is 3.01. The summed E-state index contributed by atoms with van der Waals surface area (Å²) in [6.45, 7) is 0.166. The van der Waals surface area contributed by atoms with E-state index in [1.807, 2.05) is 30.3 Å². The number of hydrogen-bond donors (Lipinski definition) is 1. The van der Waals surface area contributed by atoms with E-state index in [1.54, 1.807) is 6.07 Å². The Hall–Kier alpha value is -2.12. The summed E-state index contributed by atoms with van der Waals surface area (Å²) >= 11 is 3.20. The molecule has 100 valence electrons. The standard InChI is InChI=1S/C16H11BrFNO/c17-13-8-9-15(18)14(11-13)16(20)19-10-4-7-12-5-2-1-3-6-12/h1-3,5-6,8-9,11H,10H2,(H,19,20). The molecule has 2 aromatic carbocycles. The molecule has 0 radical (unpaired) electrons. The SMILES string of the molecule is O=C(NCC#Cc1ccccc1)c1cc(Br)ccc1F. The van der Waals surface area contributed by atoms with Gasteiger partial charge in [-0.25, -0.2) is 4.39 Å². The highest BCUT2D eigenvalue weighted by Gasteiger charge is 2.10. The quantitative estimate of drug-likeness (QED) is 0.840. The van der Waals surface area contributed by atoms with Crippen molar-refractivity contribution in [2.45, 2.75) is 0 Å². The Bertz CT molecular complexity index is 674. The first kappa shape index (κ1) is 14.3. The molecule has 2 rings (SSSR count). The van der Waals surface area contributed by atoms with Gasteiger partial charge in [0.05, 0.1) is 12.1 Å². The lowest BCUT2D eigenvalue weighted by atomic mass is 10.2. The number of benzene rings is 2. The minimum Gasteiger partial charge on any atom is -0.341 e. The summed E-state index contributed by atoms with van der Waals surface area (Å²) in [6.07, 6.45) is 0. The van der Waals surface area contributed by atoms with E-state index in [-0.39, 0.29) is 12.1 Å².